The van der Waals surface area contributed by atoms with Gasteiger partial charge >= 0.3 is 5.92 Å². The third kappa shape index (κ3) is 5.06. The average Bonchev–Trinajstić information content (AvgIpc) is 3.84. The fraction of sp³-hybridized carbons (Fsp3) is 0.649. The largest absolute Gasteiger partial charge is 0.394 e. The molecule has 0 spiro atoms. The van der Waals surface area contributed by atoms with E-state index < -0.39 is 16.9 Å². The van der Waals surface area contributed by atoms with Crippen molar-refractivity contribution in [1.82, 2.24) is 9.80 Å². The summed E-state index contributed by atoms with van der Waals surface area (Å²) in [5.74, 6) is -1.10. The molecule has 7 heteroatoms. The number of oxime groups is 1. The maximum absolute atomic E-state index is 15.4. The van der Waals surface area contributed by atoms with Crippen LogP contribution in [0.1, 0.15) is 87.7 Å². The van der Waals surface area contributed by atoms with Crippen LogP contribution in [0.15, 0.2) is 52.2 Å². The van der Waals surface area contributed by atoms with Gasteiger partial charge in [0.25, 0.3) is 0 Å². The highest BCUT2D eigenvalue weighted by Crippen LogP contribution is 2.69. The number of aliphatic hydroxyl groups is 1. The van der Waals surface area contributed by atoms with Gasteiger partial charge in [0.1, 0.15) is 12.2 Å². The first kappa shape index (κ1) is 30.1. The van der Waals surface area contributed by atoms with Gasteiger partial charge in [-0.2, -0.15) is 8.78 Å². The number of fused-ring (bicyclic) bond motifs is 4. The van der Waals surface area contributed by atoms with Gasteiger partial charge < -0.3 is 14.8 Å². The van der Waals surface area contributed by atoms with Crippen molar-refractivity contribution in [1.29, 1.82) is 0 Å². The summed E-state index contributed by atoms with van der Waals surface area (Å²) in [5.41, 5.74) is 4.51. The van der Waals surface area contributed by atoms with Crippen molar-refractivity contribution in [2.45, 2.75) is 88.1 Å². The quantitative estimate of drug-likeness (QED) is 0.219. The van der Waals surface area contributed by atoms with E-state index in [9.17, 15) is 5.11 Å². The Bertz CT molecular complexity index is 1400. The second-order valence-corrected chi connectivity index (χ2v) is 14.6. The van der Waals surface area contributed by atoms with Crippen molar-refractivity contribution in [3.05, 3.63) is 58.2 Å². The van der Waals surface area contributed by atoms with Gasteiger partial charge in [0.15, 0.2) is 0 Å². The van der Waals surface area contributed by atoms with Crippen molar-refractivity contribution in [3.8, 4) is 12.3 Å². The van der Waals surface area contributed by atoms with Crippen LogP contribution in [-0.4, -0.2) is 78.5 Å². The van der Waals surface area contributed by atoms with E-state index in [0.717, 1.165) is 64.1 Å². The maximum atomic E-state index is 15.4. The fourth-order valence-corrected chi connectivity index (χ4v) is 9.47. The molecule has 1 aromatic rings. The molecule has 1 aliphatic heterocycles. The number of terminal acetylenes is 1. The minimum Gasteiger partial charge on any atom is -0.394 e. The zero-order chi connectivity index (χ0) is 30.7. The summed E-state index contributed by atoms with van der Waals surface area (Å²) in [6.07, 6.45) is 14.7. The molecular weight excluding hydrogens is 556 g/mol. The van der Waals surface area contributed by atoms with Crippen molar-refractivity contribution in [3.63, 3.8) is 0 Å². The Balaban J connectivity index is 1.18. The topological polar surface area (TPSA) is 48.3 Å². The third-order valence-electron chi connectivity index (χ3n) is 12.3. The predicted molar refractivity (Wildman–Crippen MR) is 170 cm³/mol. The summed E-state index contributed by atoms with van der Waals surface area (Å²) in [6.45, 7) is 7.72. The Kier molecular flexibility index (Phi) is 7.79. The monoisotopic (exact) mass is 603 g/mol. The number of piperazine rings is 1. The molecule has 0 amide bonds. The normalized spacial score (nSPS) is 35.5. The summed E-state index contributed by atoms with van der Waals surface area (Å²) in [4.78, 5) is 10.6. The van der Waals surface area contributed by atoms with Crippen LogP contribution in [0.5, 0.6) is 0 Å². The molecule has 0 aromatic heterocycles. The van der Waals surface area contributed by atoms with E-state index >= 15 is 8.78 Å². The number of rotatable bonds is 7. The first-order valence-electron chi connectivity index (χ1n) is 16.8. The highest BCUT2D eigenvalue weighted by molar-refractivity contribution is 5.97. The number of alkyl halides is 2. The van der Waals surface area contributed by atoms with Crippen LogP contribution in [0, 0.1) is 29.6 Å². The SMILES string of the molecule is C#CC(F)(F)[C@]1(O)CC[C@H]2[C@@H]3CCC4=C/C(=N/OCCN5CCN(C)CC5)CCC4=C3[C@@H](c3ccc(C4CC4)cc3)C[C@@]21C. The lowest BCUT2D eigenvalue weighted by molar-refractivity contribution is -0.209. The minimum atomic E-state index is -3.57. The van der Waals surface area contributed by atoms with Crippen LogP contribution in [0.3, 0.4) is 0 Å². The Morgan fingerprint density at radius 2 is 1.77 bits per heavy atom. The maximum Gasteiger partial charge on any atom is 0.336 e. The molecule has 1 N–H and O–H groups in total. The zero-order valence-corrected chi connectivity index (χ0v) is 26.3. The van der Waals surface area contributed by atoms with E-state index in [1.807, 2.05) is 6.92 Å². The molecule has 0 unspecified atom stereocenters. The number of benzene rings is 1. The van der Waals surface area contributed by atoms with Crippen molar-refractivity contribution in [2.75, 3.05) is 46.4 Å². The Morgan fingerprint density at radius 1 is 1.05 bits per heavy atom. The molecule has 1 heterocycles. The molecule has 7 rings (SSSR count). The van der Waals surface area contributed by atoms with Gasteiger partial charge in [0.2, 0.25) is 0 Å². The Hall–Kier alpha value is -2.53. The van der Waals surface area contributed by atoms with Gasteiger partial charge in [-0.3, -0.25) is 4.90 Å². The van der Waals surface area contributed by atoms with Gasteiger partial charge in [0, 0.05) is 44.1 Å². The lowest BCUT2D eigenvalue weighted by atomic mass is 9.50. The average molecular weight is 604 g/mol. The van der Waals surface area contributed by atoms with Gasteiger partial charge in [0.05, 0.1) is 5.71 Å². The van der Waals surface area contributed by atoms with Crippen LogP contribution < -0.4 is 0 Å². The smallest absolute Gasteiger partial charge is 0.336 e. The van der Waals surface area contributed by atoms with Gasteiger partial charge in [-0.05, 0) is 117 Å². The molecule has 236 valence electrons. The Labute approximate surface area is 261 Å². The minimum absolute atomic E-state index is 0.0225. The van der Waals surface area contributed by atoms with Crippen molar-refractivity contribution >= 4 is 5.71 Å². The highest BCUT2D eigenvalue weighted by Gasteiger charge is 2.71. The van der Waals surface area contributed by atoms with E-state index in [1.54, 1.807) is 5.92 Å². The zero-order valence-electron chi connectivity index (χ0n) is 26.3. The molecule has 5 nitrogen and oxygen atoms in total. The molecule has 0 radical (unpaired) electrons. The number of allylic oxidation sites excluding steroid dienone is 4. The number of likely N-dealkylation sites (N-methyl/N-ethyl adjacent to an activating group) is 1. The molecule has 44 heavy (non-hydrogen) atoms. The third-order valence-corrected chi connectivity index (χ3v) is 12.3. The lowest BCUT2D eigenvalue weighted by Crippen LogP contribution is -2.60. The first-order chi connectivity index (χ1) is 21.1. The van der Waals surface area contributed by atoms with Crippen molar-refractivity contribution < 1.29 is 18.7 Å². The summed E-state index contributed by atoms with van der Waals surface area (Å²) in [5, 5.41) is 16.3. The second-order valence-electron chi connectivity index (χ2n) is 14.6. The molecule has 5 atom stereocenters. The molecule has 0 bridgehead atoms. The van der Waals surface area contributed by atoms with E-state index in [4.69, 9.17) is 11.3 Å². The van der Waals surface area contributed by atoms with Crippen molar-refractivity contribution in [2.24, 2.45) is 22.4 Å². The Morgan fingerprint density at radius 3 is 2.48 bits per heavy atom. The van der Waals surface area contributed by atoms with E-state index in [-0.39, 0.29) is 24.2 Å². The summed E-state index contributed by atoms with van der Waals surface area (Å²) < 4.78 is 30.8. The first-order valence-corrected chi connectivity index (χ1v) is 16.8. The predicted octanol–water partition coefficient (Wildman–Crippen LogP) is 6.51. The summed E-state index contributed by atoms with van der Waals surface area (Å²) in [7, 11) is 2.16. The summed E-state index contributed by atoms with van der Waals surface area (Å²) in [6, 6.07) is 8.93. The standard InChI is InChI=1S/C37H47F2N3O2/c1-4-37(38,39)36(43)16-15-33-31-13-11-28-23-29(40-44-22-21-42-19-17-41(3)18-20-42)12-14-30(28)34(31)32(24-35(33,36)2)27-9-7-26(8-10-27)25-5-6-25/h1,7-10,23,25,31-33,43H,5-6,11-22,24H2,2-3H3/b40-29+/t31-,32+,33-,35-,36-/m0/s1. The highest BCUT2D eigenvalue weighted by atomic mass is 19.3. The molecule has 4 fully saturated rings. The number of hydrogen-bond acceptors (Lipinski definition) is 5. The van der Waals surface area contributed by atoms with Crippen LogP contribution in [0.2, 0.25) is 0 Å². The molecule has 1 aromatic carbocycles. The lowest BCUT2D eigenvalue weighted by Gasteiger charge is -2.55. The number of hydrogen-bond donors (Lipinski definition) is 1. The number of nitrogens with zero attached hydrogens (tertiary/aromatic N) is 3. The van der Waals surface area contributed by atoms with Gasteiger partial charge in [-0.1, -0.05) is 41.9 Å². The van der Waals surface area contributed by atoms with E-state index in [0.29, 0.717) is 25.4 Å². The molecule has 3 saturated carbocycles. The van der Waals surface area contributed by atoms with Crippen LogP contribution in [0.25, 0.3) is 0 Å². The second kappa shape index (κ2) is 11.4. The fourth-order valence-electron chi connectivity index (χ4n) is 9.47. The van der Waals surface area contributed by atoms with Crippen LogP contribution in [0.4, 0.5) is 8.78 Å². The number of halogens is 2. The molecular formula is C37H47F2N3O2. The van der Waals surface area contributed by atoms with E-state index in [1.165, 1.54) is 40.7 Å². The molecule has 5 aliphatic carbocycles. The van der Waals surface area contributed by atoms with Gasteiger partial charge in [-0.25, -0.2) is 0 Å². The van der Waals surface area contributed by atoms with E-state index in [2.05, 4.69) is 52.3 Å². The molecule has 1 saturated heterocycles. The van der Waals surface area contributed by atoms with Gasteiger partial charge in [-0.15, -0.1) is 6.42 Å². The van der Waals surface area contributed by atoms with Crippen LogP contribution >= 0.6 is 0 Å². The van der Waals surface area contributed by atoms with Crippen LogP contribution in [-0.2, 0) is 4.84 Å². The summed E-state index contributed by atoms with van der Waals surface area (Å²) >= 11 is 0. The molecule has 6 aliphatic rings.